The Kier molecular flexibility index (Phi) is 5.56. The van der Waals surface area contributed by atoms with Crippen molar-refractivity contribution in [3.05, 3.63) is 47.0 Å². The first-order valence-corrected chi connectivity index (χ1v) is 9.19. The molecule has 142 valence electrons. The lowest BCUT2D eigenvalue weighted by Gasteiger charge is -2.28. The third-order valence-corrected chi connectivity index (χ3v) is 4.71. The Labute approximate surface area is 158 Å². The molecule has 0 aromatic heterocycles. The Morgan fingerprint density at radius 2 is 1.78 bits per heavy atom. The van der Waals surface area contributed by atoms with E-state index < -0.39 is 5.97 Å². The number of benzene rings is 2. The molecule has 2 amide bonds. The molecule has 1 aliphatic rings. The summed E-state index contributed by atoms with van der Waals surface area (Å²) in [5.74, 6) is -1.07. The smallest absolute Gasteiger partial charge is 0.338 e. The number of carbonyl (C=O) groups excluding carboxylic acids is 3. The molecule has 0 unspecified atom stereocenters. The number of rotatable bonds is 7. The van der Waals surface area contributed by atoms with Crippen molar-refractivity contribution in [2.45, 2.75) is 19.8 Å². The van der Waals surface area contributed by atoms with Crippen molar-refractivity contribution >= 4 is 28.6 Å². The summed E-state index contributed by atoms with van der Waals surface area (Å²) in [6.45, 7) is 3.29. The Bertz CT molecular complexity index is 882. The topological polar surface area (TPSA) is 66.9 Å². The van der Waals surface area contributed by atoms with E-state index in [4.69, 9.17) is 4.74 Å². The first kappa shape index (κ1) is 19.0. The van der Waals surface area contributed by atoms with Gasteiger partial charge in [-0.3, -0.25) is 14.5 Å². The summed E-state index contributed by atoms with van der Waals surface area (Å²) in [5.41, 5.74) is 1.28. The van der Waals surface area contributed by atoms with E-state index in [1.807, 2.05) is 25.9 Å². The molecule has 0 N–H and O–H groups in total. The molecule has 0 bridgehead atoms. The first-order valence-electron chi connectivity index (χ1n) is 9.19. The van der Waals surface area contributed by atoms with E-state index >= 15 is 0 Å². The Balaban J connectivity index is 2.03. The zero-order valence-electron chi connectivity index (χ0n) is 15.9. The number of carbonyl (C=O) groups is 3. The lowest BCUT2D eigenvalue weighted by Crippen LogP contribution is -2.43. The van der Waals surface area contributed by atoms with Crippen LogP contribution in [-0.4, -0.2) is 61.4 Å². The maximum Gasteiger partial charge on any atom is 0.338 e. The molecule has 0 radical (unpaired) electrons. The van der Waals surface area contributed by atoms with E-state index in [-0.39, 0.29) is 11.8 Å². The maximum absolute atomic E-state index is 12.9. The number of unbranched alkanes of at least 4 members (excludes halogenated alkanes) is 1. The van der Waals surface area contributed by atoms with Gasteiger partial charge in [0.05, 0.1) is 12.2 Å². The second kappa shape index (κ2) is 7.88. The molecule has 0 aliphatic carbocycles. The molecule has 0 saturated carbocycles. The van der Waals surface area contributed by atoms with E-state index in [2.05, 4.69) is 0 Å². The van der Waals surface area contributed by atoms with Crippen LogP contribution < -0.4 is 0 Å². The average Bonchev–Trinajstić information content (AvgIpc) is 2.65. The summed E-state index contributed by atoms with van der Waals surface area (Å²) in [7, 11) is 3.79. The van der Waals surface area contributed by atoms with Crippen LogP contribution in [0.1, 0.15) is 50.8 Å². The van der Waals surface area contributed by atoms with E-state index in [9.17, 15) is 14.4 Å². The second-order valence-corrected chi connectivity index (χ2v) is 6.94. The van der Waals surface area contributed by atoms with Crippen molar-refractivity contribution in [3.8, 4) is 0 Å². The van der Waals surface area contributed by atoms with E-state index in [1.165, 1.54) is 4.90 Å². The highest BCUT2D eigenvalue weighted by Gasteiger charge is 2.33. The van der Waals surface area contributed by atoms with Crippen LogP contribution in [0, 0.1) is 0 Å². The van der Waals surface area contributed by atoms with Crippen LogP contribution in [0.25, 0.3) is 10.8 Å². The number of imide groups is 1. The van der Waals surface area contributed by atoms with E-state index in [0.717, 1.165) is 12.8 Å². The first-order chi connectivity index (χ1) is 13.0. The lowest BCUT2D eigenvalue weighted by molar-refractivity contribution is 0.0499. The molecule has 0 spiro atoms. The Morgan fingerprint density at radius 3 is 2.44 bits per heavy atom. The zero-order chi connectivity index (χ0) is 19.6. The highest BCUT2D eigenvalue weighted by atomic mass is 16.5. The number of esters is 1. The SMILES string of the molecule is CCCCOC(=O)c1ccc2c3c(cccc13)C(=O)N(CCN(C)C)C2=O. The number of hydrogen-bond acceptors (Lipinski definition) is 5. The molecule has 6 heteroatoms. The predicted octanol–water partition coefficient (Wildman–Crippen LogP) is 2.95. The monoisotopic (exact) mass is 368 g/mol. The normalized spacial score (nSPS) is 13.6. The van der Waals surface area contributed by atoms with Gasteiger partial charge in [-0.1, -0.05) is 25.5 Å². The van der Waals surface area contributed by atoms with Gasteiger partial charge in [0.1, 0.15) is 0 Å². The molecule has 0 saturated heterocycles. The third kappa shape index (κ3) is 3.57. The average molecular weight is 368 g/mol. The molecule has 0 atom stereocenters. The number of hydrogen-bond donors (Lipinski definition) is 0. The van der Waals surface area contributed by atoms with Gasteiger partial charge in [-0.05, 0) is 44.1 Å². The summed E-state index contributed by atoms with van der Waals surface area (Å²) in [5, 5.41) is 1.12. The molecule has 2 aromatic rings. The van der Waals surface area contributed by atoms with Gasteiger partial charge in [-0.15, -0.1) is 0 Å². The van der Waals surface area contributed by atoms with E-state index in [1.54, 1.807) is 30.3 Å². The molecular weight excluding hydrogens is 344 g/mol. The van der Waals surface area contributed by atoms with Gasteiger partial charge in [0, 0.05) is 29.6 Å². The van der Waals surface area contributed by atoms with Crippen molar-refractivity contribution in [2.75, 3.05) is 33.8 Å². The van der Waals surface area contributed by atoms with Crippen LogP contribution in [-0.2, 0) is 4.74 Å². The number of amides is 2. The van der Waals surface area contributed by atoms with Crippen LogP contribution in [0.3, 0.4) is 0 Å². The quantitative estimate of drug-likeness (QED) is 0.427. The van der Waals surface area contributed by atoms with Gasteiger partial charge in [0.2, 0.25) is 0 Å². The summed E-state index contributed by atoms with van der Waals surface area (Å²) in [6, 6.07) is 8.44. The minimum Gasteiger partial charge on any atom is -0.462 e. The molecule has 2 aromatic carbocycles. The van der Waals surface area contributed by atoms with E-state index in [0.29, 0.717) is 47.2 Å². The fourth-order valence-electron chi connectivity index (χ4n) is 3.21. The van der Waals surface area contributed by atoms with Crippen LogP contribution in [0.4, 0.5) is 0 Å². The van der Waals surface area contributed by atoms with Gasteiger partial charge in [0.25, 0.3) is 11.8 Å². The molecular formula is C21H24N2O4. The van der Waals surface area contributed by atoms with Crippen molar-refractivity contribution in [3.63, 3.8) is 0 Å². The molecule has 3 rings (SSSR count). The van der Waals surface area contributed by atoms with Crippen LogP contribution >= 0.6 is 0 Å². The second-order valence-electron chi connectivity index (χ2n) is 6.94. The summed E-state index contributed by atoms with van der Waals surface area (Å²) in [6.07, 6.45) is 1.73. The van der Waals surface area contributed by atoms with Crippen molar-refractivity contribution in [2.24, 2.45) is 0 Å². The van der Waals surface area contributed by atoms with Gasteiger partial charge >= 0.3 is 5.97 Å². The molecule has 1 aliphatic heterocycles. The van der Waals surface area contributed by atoms with Crippen molar-refractivity contribution in [1.29, 1.82) is 0 Å². The minimum absolute atomic E-state index is 0.321. The summed E-state index contributed by atoms with van der Waals surface area (Å²) in [4.78, 5) is 41.4. The Morgan fingerprint density at radius 1 is 1.07 bits per heavy atom. The van der Waals surface area contributed by atoms with Gasteiger partial charge < -0.3 is 9.64 Å². The van der Waals surface area contributed by atoms with Gasteiger partial charge in [-0.2, -0.15) is 0 Å². The summed E-state index contributed by atoms with van der Waals surface area (Å²) >= 11 is 0. The zero-order valence-corrected chi connectivity index (χ0v) is 15.9. The van der Waals surface area contributed by atoms with Crippen LogP contribution in [0.5, 0.6) is 0 Å². The fraction of sp³-hybridized carbons (Fsp3) is 0.381. The number of nitrogens with zero attached hydrogens (tertiary/aromatic N) is 2. The van der Waals surface area contributed by atoms with Gasteiger partial charge in [0.15, 0.2) is 0 Å². The lowest BCUT2D eigenvalue weighted by atomic mass is 9.91. The third-order valence-electron chi connectivity index (χ3n) is 4.71. The summed E-state index contributed by atoms with van der Waals surface area (Å²) < 4.78 is 5.32. The molecule has 1 heterocycles. The molecule has 27 heavy (non-hydrogen) atoms. The predicted molar refractivity (Wildman–Crippen MR) is 103 cm³/mol. The largest absolute Gasteiger partial charge is 0.462 e. The molecule has 6 nitrogen and oxygen atoms in total. The van der Waals surface area contributed by atoms with Crippen LogP contribution in [0.15, 0.2) is 30.3 Å². The van der Waals surface area contributed by atoms with Crippen molar-refractivity contribution in [1.82, 2.24) is 9.80 Å². The highest BCUT2D eigenvalue weighted by Crippen LogP contribution is 2.32. The maximum atomic E-state index is 12.9. The van der Waals surface area contributed by atoms with Crippen LogP contribution in [0.2, 0.25) is 0 Å². The molecule has 0 fully saturated rings. The van der Waals surface area contributed by atoms with Gasteiger partial charge in [-0.25, -0.2) is 4.79 Å². The number of ether oxygens (including phenoxy) is 1. The fourth-order valence-corrected chi connectivity index (χ4v) is 3.21. The highest BCUT2D eigenvalue weighted by molar-refractivity contribution is 6.27. The Hall–Kier alpha value is -2.73. The number of likely N-dealkylation sites (N-methyl/N-ethyl adjacent to an activating group) is 1. The minimum atomic E-state index is -0.429. The standard InChI is InChI=1S/C21H24N2O4/c1-4-5-13-27-21(26)15-9-10-17-18-14(15)7-6-8-16(18)19(24)23(20(17)25)12-11-22(2)3/h6-10H,4-5,11-13H2,1-3H3. The van der Waals surface area contributed by atoms with Crippen molar-refractivity contribution < 1.29 is 19.1 Å².